The normalized spacial score (nSPS) is 16.4. The number of carboxylic acid groups (broad SMARTS) is 1. The van der Waals surface area contributed by atoms with Crippen molar-refractivity contribution >= 4 is 5.97 Å². The van der Waals surface area contributed by atoms with Gasteiger partial charge in [0.1, 0.15) is 12.2 Å². The summed E-state index contributed by atoms with van der Waals surface area (Å²) in [5.41, 5.74) is 0.259. The molecule has 0 unspecified atom stereocenters. The molecule has 1 aliphatic carbocycles. The van der Waals surface area contributed by atoms with Crippen molar-refractivity contribution in [2.75, 3.05) is 0 Å². The molecule has 0 bridgehead atoms. The van der Waals surface area contributed by atoms with Crippen molar-refractivity contribution in [3.05, 3.63) is 17.5 Å². The van der Waals surface area contributed by atoms with Crippen LogP contribution < -0.4 is 0 Å². The fourth-order valence-electron chi connectivity index (χ4n) is 1.62. The largest absolute Gasteiger partial charge is 0.480 e. The minimum Gasteiger partial charge on any atom is -0.480 e. The summed E-state index contributed by atoms with van der Waals surface area (Å²) in [6.07, 6.45) is 1.89. The topological polar surface area (TPSA) is 55.1 Å². The third-order valence-corrected chi connectivity index (χ3v) is 2.53. The molecular weight excluding hydrogens is 218 g/mol. The van der Waals surface area contributed by atoms with Crippen LogP contribution in [0.3, 0.4) is 0 Å². The van der Waals surface area contributed by atoms with Crippen LogP contribution in [0.15, 0.2) is 6.07 Å². The molecule has 1 N–H and O–H groups in total. The molecule has 16 heavy (non-hydrogen) atoms. The zero-order valence-electron chi connectivity index (χ0n) is 8.78. The lowest BCUT2D eigenvalue weighted by Crippen LogP contribution is -2.19. The van der Waals surface area contributed by atoms with Gasteiger partial charge in [-0.2, -0.15) is 13.9 Å². The standard InChI is InChI=1S/C10H12F2N2O2/c1-10(11,12)8-4-7(6-2-3-6)13-14(8)5-9(15)16/h4,6H,2-3,5H2,1H3,(H,15,16). The first-order chi connectivity index (χ1) is 7.38. The summed E-state index contributed by atoms with van der Waals surface area (Å²) in [6.45, 7) is 0.227. The lowest BCUT2D eigenvalue weighted by Gasteiger charge is -2.11. The fourth-order valence-corrected chi connectivity index (χ4v) is 1.62. The van der Waals surface area contributed by atoms with E-state index in [-0.39, 0.29) is 11.6 Å². The second-order valence-corrected chi connectivity index (χ2v) is 4.17. The molecule has 1 aliphatic rings. The van der Waals surface area contributed by atoms with Gasteiger partial charge >= 0.3 is 5.97 Å². The van der Waals surface area contributed by atoms with Gasteiger partial charge in [0.05, 0.1) is 5.69 Å². The molecule has 0 spiro atoms. The number of nitrogens with zero attached hydrogens (tertiary/aromatic N) is 2. The summed E-state index contributed by atoms with van der Waals surface area (Å²) >= 11 is 0. The summed E-state index contributed by atoms with van der Waals surface area (Å²) in [6, 6.07) is 1.32. The number of carbonyl (C=O) groups is 1. The number of hydrogen-bond donors (Lipinski definition) is 1. The third kappa shape index (κ3) is 2.20. The predicted octanol–water partition coefficient (Wildman–Crippen LogP) is 1.96. The van der Waals surface area contributed by atoms with Crippen LogP contribution in [-0.2, 0) is 17.3 Å². The Balaban J connectivity index is 2.35. The molecule has 1 fully saturated rings. The minimum absolute atomic E-state index is 0.233. The van der Waals surface area contributed by atoms with E-state index in [1.54, 1.807) is 0 Å². The monoisotopic (exact) mass is 230 g/mol. The Morgan fingerprint density at radius 3 is 2.75 bits per heavy atom. The first-order valence-corrected chi connectivity index (χ1v) is 5.06. The van der Waals surface area contributed by atoms with Gasteiger partial charge in [-0.3, -0.25) is 9.48 Å². The van der Waals surface area contributed by atoms with Crippen LogP contribution >= 0.6 is 0 Å². The average molecular weight is 230 g/mol. The molecule has 1 aromatic rings. The predicted molar refractivity (Wildman–Crippen MR) is 51.4 cm³/mol. The minimum atomic E-state index is -3.06. The van der Waals surface area contributed by atoms with Crippen LogP contribution in [-0.4, -0.2) is 20.9 Å². The van der Waals surface area contributed by atoms with Gasteiger partial charge < -0.3 is 5.11 Å². The number of hydrogen-bond acceptors (Lipinski definition) is 2. The molecule has 1 heterocycles. The smallest absolute Gasteiger partial charge is 0.325 e. The zero-order chi connectivity index (χ0) is 11.9. The molecular formula is C10H12F2N2O2. The van der Waals surface area contributed by atoms with E-state index in [1.165, 1.54) is 6.07 Å². The quantitative estimate of drug-likeness (QED) is 0.860. The SMILES string of the molecule is CC(F)(F)c1cc(C2CC2)nn1CC(=O)O. The van der Waals surface area contributed by atoms with Crippen LogP contribution in [0.5, 0.6) is 0 Å². The van der Waals surface area contributed by atoms with E-state index in [9.17, 15) is 13.6 Å². The molecule has 0 saturated heterocycles. The molecule has 2 rings (SSSR count). The zero-order valence-corrected chi connectivity index (χ0v) is 8.78. The van der Waals surface area contributed by atoms with E-state index in [4.69, 9.17) is 5.11 Å². The molecule has 1 saturated carbocycles. The molecule has 0 atom stereocenters. The van der Waals surface area contributed by atoms with Gasteiger partial charge in [-0.1, -0.05) is 0 Å². The molecule has 0 aliphatic heterocycles. The van der Waals surface area contributed by atoms with Crippen molar-refractivity contribution < 1.29 is 18.7 Å². The molecule has 0 radical (unpaired) electrons. The first-order valence-electron chi connectivity index (χ1n) is 5.06. The lowest BCUT2D eigenvalue weighted by atomic mass is 10.2. The van der Waals surface area contributed by atoms with Crippen molar-refractivity contribution in [3.63, 3.8) is 0 Å². The number of aliphatic carboxylic acids is 1. The van der Waals surface area contributed by atoms with Gasteiger partial charge in [-0.15, -0.1) is 0 Å². The van der Waals surface area contributed by atoms with Gasteiger partial charge in [0.15, 0.2) is 0 Å². The highest BCUT2D eigenvalue weighted by molar-refractivity contribution is 5.66. The van der Waals surface area contributed by atoms with E-state index < -0.39 is 18.4 Å². The Bertz CT molecular complexity index is 419. The molecule has 6 heteroatoms. The van der Waals surface area contributed by atoms with Gasteiger partial charge in [-0.05, 0) is 18.9 Å². The summed E-state index contributed by atoms with van der Waals surface area (Å²) in [5, 5.41) is 12.5. The Morgan fingerprint density at radius 1 is 1.69 bits per heavy atom. The molecule has 4 nitrogen and oxygen atoms in total. The van der Waals surface area contributed by atoms with Crippen molar-refractivity contribution in [3.8, 4) is 0 Å². The third-order valence-electron chi connectivity index (χ3n) is 2.53. The van der Waals surface area contributed by atoms with E-state index >= 15 is 0 Å². The Hall–Kier alpha value is -1.46. The molecule has 0 aromatic carbocycles. The van der Waals surface area contributed by atoms with Gasteiger partial charge in [-0.25, -0.2) is 0 Å². The van der Waals surface area contributed by atoms with E-state index in [0.717, 1.165) is 24.4 Å². The van der Waals surface area contributed by atoms with Gasteiger partial charge in [0, 0.05) is 12.8 Å². The summed E-state index contributed by atoms with van der Waals surface area (Å²) in [7, 11) is 0. The molecule has 88 valence electrons. The number of carboxylic acids is 1. The van der Waals surface area contributed by atoms with E-state index in [2.05, 4.69) is 5.10 Å². The average Bonchev–Trinajstić information content (AvgIpc) is 2.86. The van der Waals surface area contributed by atoms with Crippen LogP contribution in [0.25, 0.3) is 0 Å². The molecule has 1 aromatic heterocycles. The number of alkyl halides is 2. The fraction of sp³-hybridized carbons (Fsp3) is 0.600. The summed E-state index contributed by atoms with van der Waals surface area (Å²) in [4.78, 5) is 10.5. The molecule has 0 amide bonds. The van der Waals surface area contributed by atoms with Crippen LogP contribution in [0, 0.1) is 0 Å². The van der Waals surface area contributed by atoms with Crippen molar-refractivity contribution in [1.82, 2.24) is 9.78 Å². The van der Waals surface area contributed by atoms with Gasteiger partial charge in [0.25, 0.3) is 5.92 Å². The van der Waals surface area contributed by atoms with Crippen molar-refractivity contribution in [2.24, 2.45) is 0 Å². The first kappa shape index (κ1) is 11.0. The van der Waals surface area contributed by atoms with Gasteiger partial charge in [0.2, 0.25) is 0 Å². The van der Waals surface area contributed by atoms with Crippen molar-refractivity contribution in [2.45, 2.75) is 38.2 Å². The highest BCUT2D eigenvalue weighted by atomic mass is 19.3. The maximum absolute atomic E-state index is 13.2. The highest BCUT2D eigenvalue weighted by Crippen LogP contribution is 2.41. The van der Waals surface area contributed by atoms with Crippen molar-refractivity contribution in [1.29, 1.82) is 0 Å². The Morgan fingerprint density at radius 2 is 2.31 bits per heavy atom. The second kappa shape index (κ2) is 3.54. The second-order valence-electron chi connectivity index (χ2n) is 4.17. The summed E-state index contributed by atoms with van der Waals surface area (Å²) in [5.74, 6) is -4.00. The maximum atomic E-state index is 13.2. The Kier molecular flexibility index (Phi) is 2.44. The number of halogens is 2. The lowest BCUT2D eigenvalue weighted by molar-refractivity contribution is -0.138. The van der Waals surface area contributed by atoms with E-state index in [1.807, 2.05) is 0 Å². The van der Waals surface area contributed by atoms with Crippen LogP contribution in [0.2, 0.25) is 0 Å². The van der Waals surface area contributed by atoms with Crippen LogP contribution in [0.1, 0.15) is 37.1 Å². The van der Waals surface area contributed by atoms with Crippen LogP contribution in [0.4, 0.5) is 8.78 Å². The maximum Gasteiger partial charge on any atom is 0.325 e. The number of rotatable bonds is 4. The Labute approximate surface area is 90.9 Å². The summed E-state index contributed by atoms with van der Waals surface area (Å²) < 4.78 is 27.3. The number of aromatic nitrogens is 2. The highest BCUT2D eigenvalue weighted by Gasteiger charge is 2.34. The van der Waals surface area contributed by atoms with E-state index in [0.29, 0.717) is 5.69 Å².